The van der Waals surface area contributed by atoms with Gasteiger partial charge in [-0.2, -0.15) is 8.78 Å². The average molecular weight is 394 g/mol. The zero-order chi connectivity index (χ0) is 20.4. The van der Waals surface area contributed by atoms with Crippen LogP contribution in [0.4, 0.5) is 8.78 Å². The van der Waals surface area contributed by atoms with Crippen LogP contribution in [0.3, 0.4) is 0 Å². The number of fused-ring (bicyclic) bond motifs is 1. The zero-order valence-corrected chi connectivity index (χ0v) is 15.4. The molecular weight excluding hydrogens is 378 g/mol. The van der Waals surface area contributed by atoms with E-state index in [0.717, 1.165) is 22.2 Å². The second kappa shape index (κ2) is 7.75. The number of rotatable bonds is 6. The van der Waals surface area contributed by atoms with Crippen LogP contribution in [0.1, 0.15) is 16.1 Å². The van der Waals surface area contributed by atoms with Crippen LogP contribution in [0.15, 0.2) is 61.3 Å². The van der Waals surface area contributed by atoms with Crippen LogP contribution in [0, 0.1) is 0 Å². The van der Waals surface area contributed by atoms with Gasteiger partial charge in [0.05, 0.1) is 36.4 Å². The fraction of sp³-hybridized carbons (Fsp3) is 0.143. The van der Waals surface area contributed by atoms with E-state index in [0.29, 0.717) is 11.3 Å². The van der Waals surface area contributed by atoms with Gasteiger partial charge in [-0.3, -0.25) is 14.8 Å². The minimum atomic E-state index is -2.90. The first-order valence-electron chi connectivity index (χ1n) is 8.79. The Morgan fingerprint density at radius 2 is 1.90 bits per heavy atom. The number of alkyl halides is 2. The number of hydrogen-bond donors (Lipinski definition) is 0. The molecule has 3 aromatic heterocycles. The number of Topliss-reactive ketones (excluding diaryl/α,β-unsaturated/α-hetero) is 1. The quantitative estimate of drug-likeness (QED) is 0.462. The van der Waals surface area contributed by atoms with Crippen LogP contribution in [-0.2, 0) is 13.5 Å². The normalized spacial score (nSPS) is 11.2. The van der Waals surface area contributed by atoms with Gasteiger partial charge in [-0.25, -0.2) is 4.98 Å². The minimum absolute atomic E-state index is 0.00847. The molecule has 8 heteroatoms. The zero-order valence-electron chi connectivity index (χ0n) is 15.4. The maximum absolute atomic E-state index is 12.5. The van der Waals surface area contributed by atoms with E-state index in [4.69, 9.17) is 0 Å². The highest BCUT2D eigenvalue weighted by atomic mass is 19.3. The molecule has 4 aromatic rings. The molecule has 29 heavy (non-hydrogen) atoms. The van der Waals surface area contributed by atoms with Crippen molar-refractivity contribution < 1.29 is 18.3 Å². The lowest BCUT2D eigenvalue weighted by atomic mass is 10.0. The van der Waals surface area contributed by atoms with E-state index >= 15 is 0 Å². The number of aromatic nitrogens is 4. The van der Waals surface area contributed by atoms with Crippen molar-refractivity contribution in [2.45, 2.75) is 13.0 Å². The van der Waals surface area contributed by atoms with E-state index in [1.54, 1.807) is 24.9 Å². The molecule has 4 rings (SSSR count). The molecule has 0 aliphatic rings. The number of hydrogen-bond acceptors (Lipinski definition) is 5. The van der Waals surface area contributed by atoms with Gasteiger partial charge in [-0.1, -0.05) is 0 Å². The van der Waals surface area contributed by atoms with Crippen molar-refractivity contribution >= 4 is 16.7 Å². The summed E-state index contributed by atoms with van der Waals surface area (Å²) in [4.78, 5) is 25.4. The van der Waals surface area contributed by atoms with Gasteiger partial charge >= 0.3 is 6.61 Å². The summed E-state index contributed by atoms with van der Waals surface area (Å²) < 4.78 is 30.6. The van der Waals surface area contributed by atoms with E-state index in [2.05, 4.69) is 19.7 Å². The third kappa shape index (κ3) is 4.11. The van der Waals surface area contributed by atoms with Gasteiger partial charge in [0.2, 0.25) is 0 Å². The average Bonchev–Trinajstić information content (AvgIpc) is 3.13. The van der Waals surface area contributed by atoms with E-state index < -0.39 is 6.61 Å². The predicted octanol–water partition coefficient (Wildman–Crippen LogP) is 4.06. The first kappa shape index (κ1) is 18.7. The van der Waals surface area contributed by atoms with E-state index in [1.165, 1.54) is 24.3 Å². The second-order valence-corrected chi connectivity index (χ2v) is 6.48. The summed E-state index contributed by atoms with van der Waals surface area (Å²) in [5.41, 5.74) is 3.56. The van der Waals surface area contributed by atoms with Crippen LogP contribution < -0.4 is 4.74 Å². The molecule has 0 fully saturated rings. The fourth-order valence-electron chi connectivity index (χ4n) is 3.04. The van der Waals surface area contributed by atoms with Gasteiger partial charge in [0.1, 0.15) is 5.75 Å². The van der Waals surface area contributed by atoms with E-state index in [-0.39, 0.29) is 18.0 Å². The molecule has 6 nitrogen and oxygen atoms in total. The van der Waals surface area contributed by atoms with Crippen molar-refractivity contribution in [3.8, 4) is 17.0 Å². The molecule has 0 N–H and O–H groups in total. The van der Waals surface area contributed by atoms with Gasteiger partial charge in [0.25, 0.3) is 0 Å². The molecule has 146 valence electrons. The topological polar surface area (TPSA) is 69.9 Å². The molecular formula is C21H16F2N4O2. The molecule has 0 radical (unpaired) electrons. The summed E-state index contributed by atoms with van der Waals surface area (Å²) in [6.45, 7) is -2.90. The highest BCUT2D eigenvalue weighted by molar-refractivity contribution is 5.97. The van der Waals surface area contributed by atoms with Gasteiger partial charge in [-0.05, 0) is 36.4 Å². The number of carbonyl (C=O) groups is 1. The molecule has 0 aliphatic carbocycles. The molecule has 0 bridgehead atoms. The smallest absolute Gasteiger partial charge is 0.387 e. The molecule has 0 unspecified atom stereocenters. The van der Waals surface area contributed by atoms with Crippen molar-refractivity contribution in [3.63, 3.8) is 0 Å². The van der Waals surface area contributed by atoms with Gasteiger partial charge < -0.3 is 9.30 Å². The molecule has 0 saturated carbocycles. The lowest BCUT2D eigenvalue weighted by molar-refractivity contribution is -0.0498. The van der Waals surface area contributed by atoms with Crippen molar-refractivity contribution in [3.05, 3.63) is 72.6 Å². The monoisotopic (exact) mass is 394 g/mol. The van der Waals surface area contributed by atoms with Crippen molar-refractivity contribution in [1.82, 2.24) is 19.5 Å². The summed E-state index contributed by atoms with van der Waals surface area (Å²) in [6.07, 6.45) is 6.95. The Morgan fingerprint density at radius 3 is 2.59 bits per heavy atom. The predicted molar refractivity (Wildman–Crippen MR) is 103 cm³/mol. The molecule has 0 amide bonds. The molecule has 1 aromatic carbocycles. The summed E-state index contributed by atoms with van der Waals surface area (Å²) in [5, 5.41) is 0.863. The molecule has 0 aliphatic heterocycles. The highest BCUT2D eigenvalue weighted by Crippen LogP contribution is 2.23. The third-order valence-electron chi connectivity index (χ3n) is 4.48. The summed E-state index contributed by atoms with van der Waals surface area (Å²) in [5.74, 6) is -0.162. The Morgan fingerprint density at radius 1 is 1.10 bits per heavy atom. The second-order valence-electron chi connectivity index (χ2n) is 6.48. The maximum Gasteiger partial charge on any atom is 0.387 e. The minimum Gasteiger partial charge on any atom is -0.435 e. The summed E-state index contributed by atoms with van der Waals surface area (Å²) in [7, 11) is 1.90. The number of carbonyl (C=O) groups excluding carboxylic acids is 1. The van der Waals surface area contributed by atoms with E-state index in [9.17, 15) is 13.6 Å². The SMILES string of the molecule is Cn1cncc1-c1cnc2cnc(CC(=O)c3ccc(OC(F)F)cc3)cc2c1. The number of ketones is 1. The number of pyridine rings is 2. The van der Waals surface area contributed by atoms with Crippen LogP contribution >= 0.6 is 0 Å². The molecule has 3 heterocycles. The molecule has 0 atom stereocenters. The Bertz CT molecular complexity index is 1170. The largest absolute Gasteiger partial charge is 0.435 e. The van der Waals surface area contributed by atoms with Gasteiger partial charge in [-0.15, -0.1) is 0 Å². The first-order chi connectivity index (χ1) is 14.0. The molecule has 0 spiro atoms. The van der Waals surface area contributed by atoms with Crippen LogP contribution in [0.2, 0.25) is 0 Å². The lowest BCUT2D eigenvalue weighted by Gasteiger charge is -2.07. The highest BCUT2D eigenvalue weighted by Gasteiger charge is 2.11. The summed E-state index contributed by atoms with van der Waals surface area (Å²) >= 11 is 0. The first-order valence-corrected chi connectivity index (χ1v) is 8.79. The number of nitrogens with zero attached hydrogens (tertiary/aromatic N) is 4. The Kier molecular flexibility index (Phi) is 4.99. The van der Waals surface area contributed by atoms with Gasteiger partial charge in [0.15, 0.2) is 5.78 Å². The number of ether oxygens (including phenoxy) is 1. The summed E-state index contributed by atoms with van der Waals surface area (Å²) in [6, 6.07) is 9.42. The number of aryl methyl sites for hydroxylation is 1. The van der Waals surface area contributed by atoms with Crippen LogP contribution in [-0.4, -0.2) is 31.9 Å². The van der Waals surface area contributed by atoms with Crippen molar-refractivity contribution in [1.29, 1.82) is 0 Å². The van der Waals surface area contributed by atoms with Crippen LogP contribution in [0.5, 0.6) is 5.75 Å². The van der Waals surface area contributed by atoms with Crippen molar-refractivity contribution in [2.75, 3.05) is 0 Å². The molecule has 0 saturated heterocycles. The Labute approximate surface area is 164 Å². The van der Waals surface area contributed by atoms with E-state index in [1.807, 2.05) is 23.7 Å². The third-order valence-corrected chi connectivity index (χ3v) is 4.48. The van der Waals surface area contributed by atoms with Gasteiger partial charge in [0, 0.05) is 35.5 Å². The Balaban J connectivity index is 1.56. The number of imidazole rings is 1. The van der Waals surface area contributed by atoms with Crippen LogP contribution in [0.25, 0.3) is 22.2 Å². The number of halogens is 2. The Hall–Kier alpha value is -3.68. The lowest BCUT2D eigenvalue weighted by Crippen LogP contribution is -2.06. The standard InChI is InChI=1S/C21H16F2N4O2/c1-27-12-24-11-19(27)15-6-14-7-16(25-10-18(14)26-9-15)8-20(28)13-2-4-17(5-3-13)29-21(22)23/h2-7,9-12,21H,8H2,1H3. The number of benzene rings is 1. The fourth-order valence-corrected chi connectivity index (χ4v) is 3.04. The maximum atomic E-state index is 12.5. The van der Waals surface area contributed by atoms with Crippen molar-refractivity contribution in [2.24, 2.45) is 7.05 Å².